The monoisotopic (exact) mass is 309 g/mol. The Bertz CT molecular complexity index is 515. The van der Waals surface area contributed by atoms with Crippen LogP contribution in [0, 0.1) is 17.3 Å². The summed E-state index contributed by atoms with van der Waals surface area (Å²) in [5, 5.41) is 0.628. The maximum absolute atomic E-state index is 12.4. The van der Waals surface area contributed by atoms with Crippen LogP contribution in [0.1, 0.15) is 39.2 Å². The molecule has 0 radical (unpaired) electrons. The number of halogens is 1. The number of benzene rings is 1. The van der Waals surface area contributed by atoms with Crippen molar-refractivity contribution in [2.75, 3.05) is 0 Å². The third kappa shape index (κ3) is 3.41. The van der Waals surface area contributed by atoms with E-state index in [9.17, 15) is 4.79 Å². The van der Waals surface area contributed by atoms with Gasteiger partial charge in [0, 0.05) is 16.6 Å². The zero-order chi connectivity index (χ0) is 15.6. The van der Waals surface area contributed by atoms with Gasteiger partial charge in [-0.3, -0.25) is 4.79 Å². The molecule has 1 aliphatic rings. The van der Waals surface area contributed by atoms with Crippen molar-refractivity contribution in [1.29, 1.82) is 0 Å². The lowest BCUT2D eigenvalue weighted by atomic mass is 9.61. The lowest BCUT2D eigenvalue weighted by Gasteiger charge is -2.45. The van der Waals surface area contributed by atoms with E-state index in [1.165, 1.54) is 0 Å². The highest BCUT2D eigenvalue weighted by Crippen LogP contribution is 2.44. The van der Waals surface area contributed by atoms with Gasteiger partial charge in [0.2, 0.25) is 0 Å². The molecule has 21 heavy (non-hydrogen) atoms. The summed E-state index contributed by atoms with van der Waals surface area (Å²) in [6.07, 6.45) is 1.66. The fraction of sp³-hybridized carbons (Fsp3) is 0.588. The number of carbonyl (C=O) groups is 1. The molecule has 1 aliphatic carbocycles. The highest BCUT2D eigenvalue weighted by molar-refractivity contribution is 6.31. The molecule has 0 aromatic heterocycles. The van der Waals surface area contributed by atoms with Crippen LogP contribution in [0.4, 0.5) is 0 Å². The van der Waals surface area contributed by atoms with Crippen LogP contribution in [0.15, 0.2) is 24.3 Å². The summed E-state index contributed by atoms with van der Waals surface area (Å²) in [5.41, 5.74) is 6.83. The Morgan fingerprint density at radius 1 is 1.38 bits per heavy atom. The summed E-state index contributed by atoms with van der Waals surface area (Å²) in [7, 11) is 0. The SMILES string of the molecule is CC1C(N)CCC(C(=O)OCc2ccccc2Cl)C1(C)C. The van der Waals surface area contributed by atoms with Crippen LogP contribution >= 0.6 is 11.6 Å². The van der Waals surface area contributed by atoms with Gasteiger partial charge in [0.05, 0.1) is 5.92 Å². The van der Waals surface area contributed by atoms with Crippen LogP contribution in [-0.4, -0.2) is 12.0 Å². The Kier molecular flexibility index (Phi) is 4.95. The van der Waals surface area contributed by atoms with Crippen molar-refractivity contribution in [1.82, 2.24) is 0 Å². The van der Waals surface area contributed by atoms with Crippen molar-refractivity contribution in [3.63, 3.8) is 0 Å². The predicted octanol–water partition coefficient (Wildman–Crippen LogP) is 3.78. The van der Waals surface area contributed by atoms with Gasteiger partial charge in [0.25, 0.3) is 0 Å². The molecule has 3 unspecified atom stereocenters. The van der Waals surface area contributed by atoms with Crippen LogP contribution in [0.2, 0.25) is 5.02 Å². The highest BCUT2D eigenvalue weighted by Gasteiger charge is 2.45. The molecular weight excluding hydrogens is 286 g/mol. The average Bonchev–Trinajstić information content (AvgIpc) is 2.44. The Morgan fingerprint density at radius 2 is 2.05 bits per heavy atom. The van der Waals surface area contributed by atoms with Crippen molar-refractivity contribution in [3.05, 3.63) is 34.9 Å². The first-order chi connectivity index (χ1) is 9.84. The van der Waals surface area contributed by atoms with Crippen LogP contribution in [-0.2, 0) is 16.1 Å². The smallest absolute Gasteiger partial charge is 0.309 e. The third-order valence-corrected chi connectivity index (χ3v) is 5.48. The fourth-order valence-corrected chi connectivity index (χ4v) is 3.33. The van der Waals surface area contributed by atoms with Crippen molar-refractivity contribution in [3.8, 4) is 0 Å². The number of esters is 1. The summed E-state index contributed by atoms with van der Waals surface area (Å²) in [4.78, 5) is 12.4. The molecule has 1 fully saturated rings. The number of hydrogen-bond acceptors (Lipinski definition) is 3. The Balaban J connectivity index is 2.02. The Labute approximate surface area is 131 Å². The van der Waals surface area contributed by atoms with E-state index in [0.717, 1.165) is 18.4 Å². The molecular formula is C17H24ClNO2. The normalized spacial score (nSPS) is 28.1. The molecule has 3 atom stereocenters. The summed E-state index contributed by atoms with van der Waals surface area (Å²) < 4.78 is 5.50. The number of nitrogens with two attached hydrogens (primary N) is 1. The second-order valence-electron chi connectivity index (χ2n) is 6.60. The van der Waals surface area contributed by atoms with E-state index in [-0.39, 0.29) is 30.0 Å². The van der Waals surface area contributed by atoms with E-state index in [0.29, 0.717) is 10.9 Å². The Morgan fingerprint density at radius 3 is 2.71 bits per heavy atom. The molecule has 3 nitrogen and oxygen atoms in total. The topological polar surface area (TPSA) is 52.3 Å². The molecule has 0 amide bonds. The third-order valence-electron chi connectivity index (χ3n) is 5.11. The van der Waals surface area contributed by atoms with Gasteiger partial charge in [-0.05, 0) is 30.2 Å². The Hall–Kier alpha value is -1.06. The standard InChI is InChI=1S/C17H24ClNO2/c1-11-15(19)9-8-13(17(11,2)3)16(20)21-10-12-6-4-5-7-14(12)18/h4-7,11,13,15H,8-10,19H2,1-3H3. The zero-order valence-corrected chi connectivity index (χ0v) is 13.7. The maximum Gasteiger partial charge on any atom is 0.309 e. The molecule has 0 saturated heterocycles. The molecule has 0 heterocycles. The van der Waals surface area contributed by atoms with E-state index in [2.05, 4.69) is 20.8 Å². The second-order valence-corrected chi connectivity index (χ2v) is 7.01. The second kappa shape index (κ2) is 6.37. The van der Waals surface area contributed by atoms with Gasteiger partial charge in [-0.25, -0.2) is 0 Å². The van der Waals surface area contributed by atoms with Crippen LogP contribution in [0.25, 0.3) is 0 Å². The van der Waals surface area contributed by atoms with E-state index in [4.69, 9.17) is 22.1 Å². The summed E-state index contributed by atoms with van der Waals surface area (Å²) >= 11 is 6.08. The van der Waals surface area contributed by atoms with E-state index < -0.39 is 0 Å². The van der Waals surface area contributed by atoms with E-state index in [1.54, 1.807) is 6.07 Å². The van der Waals surface area contributed by atoms with Gasteiger partial charge in [-0.1, -0.05) is 50.6 Å². The first-order valence-electron chi connectivity index (χ1n) is 7.49. The summed E-state index contributed by atoms with van der Waals surface area (Å²) in [5.74, 6) is 0.0533. The molecule has 1 aromatic rings. The van der Waals surface area contributed by atoms with Gasteiger partial charge in [0.1, 0.15) is 6.61 Å². The molecule has 2 N–H and O–H groups in total. The van der Waals surface area contributed by atoms with Crippen LogP contribution < -0.4 is 5.73 Å². The first kappa shape index (κ1) is 16.3. The summed E-state index contributed by atoms with van der Waals surface area (Å²) in [6.45, 7) is 6.57. The minimum absolute atomic E-state index is 0.102. The van der Waals surface area contributed by atoms with Crippen molar-refractivity contribution >= 4 is 17.6 Å². The van der Waals surface area contributed by atoms with Crippen molar-refractivity contribution in [2.24, 2.45) is 23.0 Å². The van der Waals surface area contributed by atoms with Gasteiger partial charge in [0.15, 0.2) is 0 Å². The lowest BCUT2D eigenvalue weighted by Crippen LogP contribution is -2.49. The summed E-state index contributed by atoms with van der Waals surface area (Å²) in [6, 6.07) is 7.59. The van der Waals surface area contributed by atoms with E-state index in [1.807, 2.05) is 18.2 Å². The maximum atomic E-state index is 12.4. The predicted molar refractivity (Wildman–Crippen MR) is 84.9 cm³/mol. The molecule has 4 heteroatoms. The van der Waals surface area contributed by atoms with Crippen molar-refractivity contribution < 1.29 is 9.53 Å². The number of rotatable bonds is 3. The van der Waals surface area contributed by atoms with Crippen LogP contribution in [0.5, 0.6) is 0 Å². The molecule has 116 valence electrons. The molecule has 0 aliphatic heterocycles. The van der Waals surface area contributed by atoms with Crippen molar-refractivity contribution in [2.45, 2.75) is 46.3 Å². The minimum Gasteiger partial charge on any atom is -0.461 e. The number of hydrogen-bond donors (Lipinski definition) is 1. The number of carbonyl (C=O) groups excluding carboxylic acids is 1. The molecule has 1 aromatic carbocycles. The quantitative estimate of drug-likeness (QED) is 0.864. The van der Waals surface area contributed by atoms with Gasteiger partial charge in [-0.15, -0.1) is 0 Å². The molecule has 1 saturated carbocycles. The average molecular weight is 310 g/mol. The minimum atomic E-state index is -0.144. The van der Waals surface area contributed by atoms with Gasteiger partial charge >= 0.3 is 5.97 Å². The lowest BCUT2D eigenvalue weighted by molar-refractivity contribution is -0.158. The van der Waals surface area contributed by atoms with E-state index >= 15 is 0 Å². The molecule has 0 bridgehead atoms. The first-order valence-corrected chi connectivity index (χ1v) is 7.87. The number of ether oxygens (including phenoxy) is 1. The van der Waals surface area contributed by atoms with Gasteiger partial charge in [-0.2, -0.15) is 0 Å². The zero-order valence-electron chi connectivity index (χ0n) is 12.9. The highest BCUT2D eigenvalue weighted by atomic mass is 35.5. The fourth-order valence-electron chi connectivity index (χ4n) is 3.14. The largest absolute Gasteiger partial charge is 0.461 e. The van der Waals surface area contributed by atoms with Crippen LogP contribution in [0.3, 0.4) is 0 Å². The molecule has 2 rings (SSSR count). The van der Waals surface area contributed by atoms with Gasteiger partial charge < -0.3 is 10.5 Å². The molecule has 0 spiro atoms.